The van der Waals surface area contributed by atoms with Gasteiger partial charge in [0.25, 0.3) is 11.8 Å². The molecule has 0 spiro atoms. The average molecular weight is 544 g/mol. The molecular weight excluding hydrogens is 518 g/mol. The van der Waals surface area contributed by atoms with Crippen LogP contribution in [0.2, 0.25) is 0 Å². The Hall–Kier alpha value is -3.82. The van der Waals surface area contributed by atoms with Crippen molar-refractivity contribution in [1.82, 2.24) is 14.5 Å². The van der Waals surface area contributed by atoms with Gasteiger partial charge in [-0.05, 0) is 50.1 Å². The van der Waals surface area contributed by atoms with Crippen LogP contribution >= 0.6 is 11.3 Å². The number of nitriles is 2. The van der Waals surface area contributed by atoms with E-state index in [1.807, 2.05) is 0 Å². The maximum atomic E-state index is 13.0. The number of benzene rings is 1. The van der Waals surface area contributed by atoms with Crippen LogP contribution in [0.3, 0.4) is 0 Å². The Labute approximate surface area is 218 Å². The Morgan fingerprint density at radius 2 is 1.76 bits per heavy atom. The van der Waals surface area contributed by atoms with E-state index in [0.717, 1.165) is 14.7 Å². The van der Waals surface area contributed by atoms with Gasteiger partial charge in [-0.15, -0.1) is 11.3 Å². The molecule has 4 N–H and O–H groups in total. The van der Waals surface area contributed by atoms with Crippen molar-refractivity contribution in [2.24, 2.45) is 5.73 Å². The first kappa shape index (κ1) is 27.8. The van der Waals surface area contributed by atoms with Crippen molar-refractivity contribution in [1.29, 1.82) is 10.5 Å². The highest BCUT2D eigenvalue weighted by Crippen LogP contribution is 2.38. The van der Waals surface area contributed by atoms with Gasteiger partial charge in [0, 0.05) is 29.6 Å². The number of anilines is 1. The fourth-order valence-corrected chi connectivity index (χ4v) is 6.35. The highest BCUT2D eigenvalue weighted by Gasteiger charge is 2.30. The largest absolute Gasteiger partial charge is 0.351 e. The van der Waals surface area contributed by atoms with Crippen molar-refractivity contribution < 1.29 is 22.8 Å². The second-order valence-corrected chi connectivity index (χ2v) is 11.5. The quantitative estimate of drug-likeness (QED) is 0.418. The van der Waals surface area contributed by atoms with Gasteiger partial charge in [0.15, 0.2) is 0 Å². The van der Waals surface area contributed by atoms with Crippen molar-refractivity contribution in [3.05, 3.63) is 45.8 Å². The number of primary amides is 1. The van der Waals surface area contributed by atoms with Crippen LogP contribution < -0.4 is 16.4 Å². The lowest BCUT2D eigenvalue weighted by Crippen LogP contribution is -2.38. The number of imide groups is 1. The average Bonchev–Trinajstić information content (AvgIpc) is 3.20. The van der Waals surface area contributed by atoms with Crippen LogP contribution in [-0.4, -0.2) is 61.1 Å². The Kier molecular flexibility index (Phi) is 8.62. The summed E-state index contributed by atoms with van der Waals surface area (Å²) in [5.41, 5.74) is 6.17. The Bertz CT molecular complexity index is 1390. The van der Waals surface area contributed by atoms with E-state index in [1.165, 1.54) is 35.6 Å². The maximum Gasteiger partial charge on any atom is 0.319 e. The van der Waals surface area contributed by atoms with Crippen molar-refractivity contribution in [2.75, 3.05) is 25.0 Å². The van der Waals surface area contributed by atoms with Crippen LogP contribution in [0.15, 0.2) is 29.2 Å². The van der Waals surface area contributed by atoms with Crippen molar-refractivity contribution in [3.8, 4) is 12.1 Å². The molecule has 0 saturated carbocycles. The molecule has 0 aliphatic carbocycles. The SMILES string of the molecule is CC(C)N1CCc2c(sc(NC(=O)c3ccc(S(=O)(=O)N(CC#N)CC#N)cc3)c2C(=O)NC(N)=O)C1. The Balaban J connectivity index is 1.89. The molecule has 1 aromatic carbocycles. The van der Waals surface area contributed by atoms with E-state index in [-0.39, 0.29) is 27.1 Å². The molecule has 3 rings (SSSR count). The van der Waals surface area contributed by atoms with Crippen LogP contribution in [-0.2, 0) is 23.0 Å². The van der Waals surface area contributed by atoms with Gasteiger partial charge in [-0.3, -0.25) is 19.8 Å². The molecule has 37 heavy (non-hydrogen) atoms. The van der Waals surface area contributed by atoms with Crippen molar-refractivity contribution in [2.45, 2.75) is 37.8 Å². The lowest BCUT2D eigenvalue weighted by Gasteiger charge is -2.30. The standard InChI is InChI=1S/C23H25N7O5S2/c1-14(2)29-10-7-17-18(13-29)36-22(19(17)21(32)28-23(26)33)27-20(31)15-3-5-16(6-4-15)37(34,35)30(11-8-24)12-9-25/h3-6,14H,7,10-13H2,1-2H3,(H,27,31)(H3,26,28,32,33). The molecule has 0 fully saturated rings. The molecule has 2 aromatic rings. The minimum atomic E-state index is -4.11. The second-order valence-electron chi connectivity index (χ2n) is 8.41. The first-order valence-corrected chi connectivity index (χ1v) is 13.4. The van der Waals surface area contributed by atoms with Gasteiger partial charge < -0.3 is 11.1 Å². The van der Waals surface area contributed by atoms with Gasteiger partial charge in [0.2, 0.25) is 10.0 Å². The molecule has 14 heteroatoms. The third-order valence-corrected chi connectivity index (χ3v) is 8.69. The van der Waals surface area contributed by atoms with E-state index in [1.54, 1.807) is 12.1 Å². The number of nitrogens with two attached hydrogens (primary N) is 1. The van der Waals surface area contributed by atoms with Gasteiger partial charge >= 0.3 is 6.03 Å². The van der Waals surface area contributed by atoms with Gasteiger partial charge in [0.05, 0.1) is 22.6 Å². The van der Waals surface area contributed by atoms with Crippen LogP contribution in [0.4, 0.5) is 9.80 Å². The number of urea groups is 1. The zero-order chi connectivity index (χ0) is 27.3. The van der Waals surface area contributed by atoms with Crippen molar-refractivity contribution >= 4 is 44.2 Å². The van der Waals surface area contributed by atoms with E-state index in [4.69, 9.17) is 16.3 Å². The molecular formula is C23H25N7O5S2. The van der Waals surface area contributed by atoms with E-state index in [2.05, 4.69) is 29.4 Å². The summed E-state index contributed by atoms with van der Waals surface area (Å²) in [4.78, 5) is 40.0. The summed E-state index contributed by atoms with van der Waals surface area (Å²) in [7, 11) is -4.11. The molecule has 4 amide bonds. The fourth-order valence-electron chi connectivity index (χ4n) is 3.85. The predicted molar refractivity (Wildman–Crippen MR) is 135 cm³/mol. The number of thiophene rings is 1. The fraction of sp³-hybridized carbons (Fsp3) is 0.348. The van der Waals surface area contributed by atoms with Crippen LogP contribution in [0.5, 0.6) is 0 Å². The normalized spacial score (nSPS) is 13.5. The number of hydrogen-bond donors (Lipinski definition) is 3. The maximum absolute atomic E-state index is 13.0. The van der Waals surface area contributed by atoms with E-state index < -0.39 is 41.0 Å². The smallest absolute Gasteiger partial charge is 0.319 e. The number of carbonyl (C=O) groups excluding carboxylic acids is 3. The first-order valence-electron chi connectivity index (χ1n) is 11.1. The molecule has 0 radical (unpaired) electrons. The van der Waals surface area contributed by atoms with Gasteiger partial charge in [-0.2, -0.15) is 14.8 Å². The Morgan fingerprint density at radius 1 is 1.14 bits per heavy atom. The lowest BCUT2D eigenvalue weighted by molar-refractivity contribution is 0.0965. The summed E-state index contributed by atoms with van der Waals surface area (Å²) >= 11 is 1.23. The molecule has 0 saturated heterocycles. The predicted octanol–water partition coefficient (Wildman–Crippen LogP) is 1.61. The molecule has 1 aromatic heterocycles. The first-order chi connectivity index (χ1) is 17.5. The second kappa shape index (κ2) is 11.5. The van der Waals surface area contributed by atoms with Gasteiger partial charge in [0.1, 0.15) is 18.1 Å². The number of sulfonamides is 1. The number of hydrogen-bond acceptors (Lipinski definition) is 9. The summed E-state index contributed by atoms with van der Waals surface area (Å²) in [5.74, 6) is -1.31. The number of nitrogens with one attached hydrogen (secondary N) is 2. The Morgan fingerprint density at radius 3 is 2.30 bits per heavy atom. The van der Waals surface area contributed by atoms with Crippen LogP contribution in [0, 0.1) is 22.7 Å². The van der Waals surface area contributed by atoms with E-state index in [9.17, 15) is 22.8 Å². The number of amides is 4. The summed E-state index contributed by atoms with van der Waals surface area (Å²) in [6, 6.07) is 7.66. The van der Waals surface area contributed by atoms with E-state index in [0.29, 0.717) is 19.5 Å². The van der Waals surface area contributed by atoms with Gasteiger partial charge in [-0.25, -0.2) is 13.2 Å². The highest BCUT2D eigenvalue weighted by molar-refractivity contribution is 7.89. The monoisotopic (exact) mass is 543 g/mol. The summed E-state index contributed by atoms with van der Waals surface area (Å²) < 4.78 is 26.2. The lowest BCUT2D eigenvalue weighted by atomic mass is 10.0. The zero-order valence-electron chi connectivity index (χ0n) is 20.1. The van der Waals surface area contributed by atoms with Crippen LogP contribution in [0.25, 0.3) is 0 Å². The summed E-state index contributed by atoms with van der Waals surface area (Å²) in [6.45, 7) is 4.42. The van der Waals surface area contributed by atoms with Crippen LogP contribution in [0.1, 0.15) is 45.0 Å². The summed E-state index contributed by atoms with van der Waals surface area (Å²) in [5, 5.41) is 22.8. The third kappa shape index (κ3) is 6.12. The minimum Gasteiger partial charge on any atom is -0.351 e. The number of rotatable bonds is 8. The zero-order valence-corrected chi connectivity index (χ0v) is 21.8. The topological polar surface area (TPSA) is 189 Å². The molecule has 0 unspecified atom stereocenters. The molecule has 0 bridgehead atoms. The number of nitrogens with zero attached hydrogens (tertiary/aromatic N) is 4. The molecule has 194 valence electrons. The molecule has 0 atom stereocenters. The third-order valence-electron chi connectivity index (χ3n) is 5.76. The van der Waals surface area contributed by atoms with Gasteiger partial charge in [-0.1, -0.05) is 0 Å². The molecule has 2 heterocycles. The highest BCUT2D eigenvalue weighted by atomic mass is 32.2. The minimum absolute atomic E-state index is 0.113. The van der Waals surface area contributed by atoms with Crippen molar-refractivity contribution in [3.63, 3.8) is 0 Å². The number of carbonyl (C=O) groups is 3. The molecule has 1 aliphatic rings. The van der Waals surface area contributed by atoms with E-state index >= 15 is 0 Å². The summed E-state index contributed by atoms with van der Waals surface area (Å²) in [6.07, 6.45) is 0.551. The number of fused-ring (bicyclic) bond motifs is 1. The molecule has 1 aliphatic heterocycles. The molecule has 12 nitrogen and oxygen atoms in total.